The zero-order valence-corrected chi connectivity index (χ0v) is 10.9. The maximum Gasteiger partial charge on any atom is 0.147 e. The molecule has 0 saturated carbocycles. The van der Waals surface area contributed by atoms with Gasteiger partial charge in [-0.3, -0.25) is 4.98 Å². The molecule has 0 unspecified atom stereocenters. The van der Waals surface area contributed by atoms with Crippen molar-refractivity contribution in [2.75, 3.05) is 5.43 Å². The zero-order valence-electron chi connectivity index (χ0n) is 10.1. The monoisotopic (exact) mass is 268 g/mol. The molecule has 5 heteroatoms. The van der Waals surface area contributed by atoms with Crippen LogP contribution in [0.4, 0.5) is 5.82 Å². The smallest absolute Gasteiger partial charge is 0.147 e. The molecule has 0 atom stereocenters. The van der Waals surface area contributed by atoms with Gasteiger partial charge < -0.3 is 5.43 Å². The van der Waals surface area contributed by atoms with Crippen molar-refractivity contribution in [2.45, 2.75) is 9.79 Å². The molecule has 3 N–H and O–H groups in total. The van der Waals surface area contributed by atoms with Gasteiger partial charge in [-0.05, 0) is 12.1 Å². The Morgan fingerprint density at radius 2 is 1.74 bits per heavy atom. The minimum Gasteiger partial charge on any atom is -0.308 e. The maximum atomic E-state index is 5.49. The Morgan fingerprint density at radius 1 is 1.00 bits per heavy atom. The molecule has 0 spiro atoms. The lowest BCUT2D eigenvalue weighted by molar-refractivity contribution is 1.21. The molecule has 0 aliphatic carbocycles. The van der Waals surface area contributed by atoms with E-state index in [0.717, 1.165) is 20.6 Å². The standard InChI is InChI=1S/C14H12N4S/c15-18-14-12-4-2-1-3-11(12)13(9-17-14)19-10-5-7-16-8-6-10/h1-9H,15H2,(H,17,18). The molecule has 0 bridgehead atoms. The first-order valence-electron chi connectivity index (χ1n) is 5.81. The molecular formula is C14H12N4S. The molecule has 0 fully saturated rings. The van der Waals surface area contributed by atoms with Crippen molar-refractivity contribution in [3.05, 3.63) is 55.0 Å². The Morgan fingerprint density at radius 3 is 2.47 bits per heavy atom. The van der Waals surface area contributed by atoms with Crippen LogP contribution >= 0.6 is 11.8 Å². The molecule has 19 heavy (non-hydrogen) atoms. The van der Waals surface area contributed by atoms with E-state index in [1.165, 1.54) is 0 Å². The Bertz CT molecular complexity index is 700. The highest BCUT2D eigenvalue weighted by Crippen LogP contribution is 2.34. The van der Waals surface area contributed by atoms with Gasteiger partial charge in [0.15, 0.2) is 0 Å². The second kappa shape index (κ2) is 5.26. The van der Waals surface area contributed by atoms with Gasteiger partial charge in [0.05, 0.1) is 0 Å². The van der Waals surface area contributed by atoms with Crippen molar-refractivity contribution in [3.8, 4) is 0 Å². The first-order valence-corrected chi connectivity index (χ1v) is 6.62. The number of nitrogens with zero attached hydrogens (tertiary/aromatic N) is 2. The van der Waals surface area contributed by atoms with Crippen molar-refractivity contribution in [2.24, 2.45) is 5.84 Å². The predicted octanol–water partition coefficient (Wildman–Crippen LogP) is 3.07. The van der Waals surface area contributed by atoms with Crippen molar-refractivity contribution in [1.29, 1.82) is 0 Å². The van der Waals surface area contributed by atoms with Crippen LogP contribution in [0.25, 0.3) is 10.8 Å². The van der Waals surface area contributed by atoms with Gasteiger partial charge >= 0.3 is 0 Å². The normalized spacial score (nSPS) is 10.6. The number of hydrogen-bond acceptors (Lipinski definition) is 5. The SMILES string of the molecule is NNc1ncc(Sc2ccncc2)c2ccccc12. The average molecular weight is 268 g/mol. The van der Waals surface area contributed by atoms with Crippen LogP contribution in [0.1, 0.15) is 0 Å². The Hall–Kier alpha value is -2.11. The lowest BCUT2D eigenvalue weighted by atomic mass is 10.1. The van der Waals surface area contributed by atoms with E-state index >= 15 is 0 Å². The molecule has 0 aliphatic heterocycles. The number of hydrazine groups is 1. The quantitative estimate of drug-likeness (QED) is 0.564. The summed E-state index contributed by atoms with van der Waals surface area (Å²) >= 11 is 1.67. The van der Waals surface area contributed by atoms with Gasteiger partial charge in [0, 0.05) is 39.2 Å². The van der Waals surface area contributed by atoms with E-state index in [9.17, 15) is 0 Å². The van der Waals surface area contributed by atoms with Crippen LogP contribution in [0.15, 0.2) is 64.8 Å². The molecule has 1 aromatic carbocycles. The van der Waals surface area contributed by atoms with E-state index in [1.807, 2.05) is 36.5 Å². The predicted molar refractivity (Wildman–Crippen MR) is 77.9 cm³/mol. The number of fused-ring (bicyclic) bond motifs is 1. The van der Waals surface area contributed by atoms with Crippen LogP contribution in [0.2, 0.25) is 0 Å². The third kappa shape index (κ3) is 2.38. The number of nitrogens with two attached hydrogens (primary N) is 1. The number of nitrogens with one attached hydrogen (secondary N) is 1. The van der Waals surface area contributed by atoms with Crippen molar-refractivity contribution < 1.29 is 0 Å². The number of anilines is 1. The number of pyridine rings is 2. The molecule has 0 aliphatic rings. The van der Waals surface area contributed by atoms with E-state index < -0.39 is 0 Å². The summed E-state index contributed by atoms with van der Waals surface area (Å²) in [6.07, 6.45) is 5.41. The summed E-state index contributed by atoms with van der Waals surface area (Å²) in [6, 6.07) is 12.0. The van der Waals surface area contributed by atoms with Crippen LogP contribution in [0.5, 0.6) is 0 Å². The molecule has 4 nitrogen and oxygen atoms in total. The Balaban J connectivity index is 2.10. The summed E-state index contributed by atoms with van der Waals surface area (Å²) in [5.41, 5.74) is 2.63. The molecule has 0 saturated heterocycles. The van der Waals surface area contributed by atoms with Gasteiger partial charge in [-0.25, -0.2) is 10.8 Å². The number of aromatic nitrogens is 2. The Labute approximate surface area is 115 Å². The van der Waals surface area contributed by atoms with Gasteiger partial charge in [0.2, 0.25) is 0 Å². The summed E-state index contributed by atoms with van der Waals surface area (Å²) in [7, 11) is 0. The van der Waals surface area contributed by atoms with E-state index in [1.54, 1.807) is 24.2 Å². The fraction of sp³-hybridized carbons (Fsp3) is 0. The summed E-state index contributed by atoms with van der Waals surface area (Å²) in [6.45, 7) is 0. The summed E-state index contributed by atoms with van der Waals surface area (Å²) in [4.78, 5) is 10.6. The summed E-state index contributed by atoms with van der Waals surface area (Å²) in [5, 5.41) is 2.15. The molecule has 2 aromatic heterocycles. The summed E-state index contributed by atoms with van der Waals surface area (Å²) in [5.74, 6) is 6.18. The maximum absolute atomic E-state index is 5.49. The van der Waals surface area contributed by atoms with Crippen LogP contribution in [0, 0.1) is 0 Å². The lowest BCUT2D eigenvalue weighted by Crippen LogP contribution is -2.08. The molecule has 3 aromatic rings. The third-order valence-electron chi connectivity index (χ3n) is 2.77. The van der Waals surface area contributed by atoms with E-state index in [-0.39, 0.29) is 0 Å². The largest absolute Gasteiger partial charge is 0.308 e. The first-order chi connectivity index (χ1) is 9.38. The van der Waals surface area contributed by atoms with Gasteiger partial charge in [-0.1, -0.05) is 36.0 Å². The number of benzene rings is 1. The molecule has 0 radical (unpaired) electrons. The highest BCUT2D eigenvalue weighted by atomic mass is 32.2. The Kier molecular flexibility index (Phi) is 3.31. The molecule has 3 rings (SSSR count). The van der Waals surface area contributed by atoms with Crippen molar-refractivity contribution in [3.63, 3.8) is 0 Å². The minimum atomic E-state index is 0.690. The van der Waals surface area contributed by atoms with E-state index in [4.69, 9.17) is 5.84 Å². The second-order valence-corrected chi connectivity index (χ2v) is 5.06. The highest BCUT2D eigenvalue weighted by molar-refractivity contribution is 7.99. The lowest BCUT2D eigenvalue weighted by Gasteiger charge is -2.09. The van der Waals surface area contributed by atoms with E-state index in [0.29, 0.717) is 5.82 Å². The van der Waals surface area contributed by atoms with Crippen LogP contribution in [0.3, 0.4) is 0 Å². The van der Waals surface area contributed by atoms with Crippen LogP contribution in [-0.4, -0.2) is 9.97 Å². The van der Waals surface area contributed by atoms with Gasteiger partial charge in [0.25, 0.3) is 0 Å². The third-order valence-corrected chi connectivity index (χ3v) is 3.83. The number of rotatable bonds is 3. The number of nitrogen functional groups attached to an aromatic ring is 1. The molecular weight excluding hydrogens is 256 g/mol. The molecule has 94 valence electrons. The van der Waals surface area contributed by atoms with Gasteiger partial charge in [-0.15, -0.1) is 0 Å². The van der Waals surface area contributed by atoms with Crippen molar-refractivity contribution in [1.82, 2.24) is 9.97 Å². The topological polar surface area (TPSA) is 63.8 Å². The second-order valence-electron chi connectivity index (χ2n) is 3.95. The highest BCUT2D eigenvalue weighted by Gasteiger charge is 2.07. The van der Waals surface area contributed by atoms with Gasteiger partial charge in [0.1, 0.15) is 5.82 Å². The minimum absolute atomic E-state index is 0.690. The fourth-order valence-corrected chi connectivity index (χ4v) is 2.80. The van der Waals surface area contributed by atoms with Crippen LogP contribution in [-0.2, 0) is 0 Å². The van der Waals surface area contributed by atoms with Crippen molar-refractivity contribution >= 4 is 28.4 Å². The first kappa shape index (κ1) is 12.0. The number of hydrogen-bond donors (Lipinski definition) is 2. The van der Waals surface area contributed by atoms with E-state index in [2.05, 4.69) is 21.5 Å². The molecule has 0 amide bonds. The van der Waals surface area contributed by atoms with Crippen LogP contribution < -0.4 is 11.3 Å². The fourth-order valence-electron chi connectivity index (χ4n) is 1.90. The summed E-state index contributed by atoms with van der Waals surface area (Å²) < 4.78 is 0. The average Bonchev–Trinajstić information content (AvgIpc) is 2.49. The zero-order chi connectivity index (χ0) is 13.1. The molecule has 2 heterocycles. The van der Waals surface area contributed by atoms with Gasteiger partial charge in [-0.2, -0.15) is 0 Å².